The summed E-state index contributed by atoms with van der Waals surface area (Å²) in [6.45, 7) is 2.39. The van der Waals surface area contributed by atoms with Crippen LogP contribution in [0.3, 0.4) is 0 Å². The number of likely N-dealkylation sites (tertiary alicyclic amines) is 1. The van der Waals surface area contributed by atoms with Crippen molar-refractivity contribution in [2.24, 2.45) is 5.92 Å². The lowest BCUT2D eigenvalue weighted by atomic mass is 10.0. The fraction of sp³-hybridized carbons (Fsp3) is 0.462. The van der Waals surface area contributed by atoms with Crippen LogP contribution in [0.5, 0.6) is 5.75 Å². The van der Waals surface area contributed by atoms with E-state index in [1.54, 1.807) is 11.8 Å². The van der Waals surface area contributed by atoms with Crippen LogP contribution in [0.4, 0.5) is 13.2 Å². The summed E-state index contributed by atoms with van der Waals surface area (Å²) in [5.41, 5.74) is 0.972. The number of carbonyl (C=O) groups excluding carboxylic acids is 2. The maximum Gasteiger partial charge on any atom is 0.416 e. The second-order valence-electron chi connectivity index (χ2n) is 9.82. The van der Waals surface area contributed by atoms with Gasteiger partial charge in [0, 0.05) is 30.4 Å². The predicted molar refractivity (Wildman–Crippen MR) is 131 cm³/mol. The van der Waals surface area contributed by atoms with E-state index in [1.807, 2.05) is 0 Å². The van der Waals surface area contributed by atoms with E-state index >= 15 is 0 Å². The first-order valence-electron chi connectivity index (χ1n) is 12.5. The Bertz CT molecular complexity index is 1360. The first-order valence-corrected chi connectivity index (χ1v) is 12.5. The van der Waals surface area contributed by atoms with Gasteiger partial charge in [0.15, 0.2) is 0 Å². The molecule has 1 aromatic carbocycles. The minimum Gasteiger partial charge on any atom is -0.493 e. The number of aromatic nitrogens is 3. The van der Waals surface area contributed by atoms with E-state index in [1.165, 1.54) is 12.4 Å². The van der Waals surface area contributed by atoms with Gasteiger partial charge in [-0.1, -0.05) is 0 Å². The number of aromatic amines is 1. The molecule has 2 amide bonds. The number of aliphatic hydroxyl groups is 1. The van der Waals surface area contributed by atoms with Crippen LogP contribution in [0.2, 0.25) is 0 Å². The third kappa shape index (κ3) is 5.31. The van der Waals surface area contributed by atoms with E-state index in [9.17, 15) is 22.8 Å². The number of H-pyrrole nitrogens is 1. The molecule has 1 aliphatic carbocycles. The number of benzene rings is 1. The quantitative estimate of drug-likeness (QED) is 0.430. The summed E-state index contributed by atoms with van der Waals surface area (Å²) in [5, 5.41) is 12.0. The van der Waals surface area contributed by atoms with E-state index in [0.717, 1.165) is 25.0 Å². The molecule has 0 atom stereocenters. The SMILES string of the molecule is Cc1[nH]c2c(-c3cc(C(F)(F)F)ccc3OCC3CC3)ncnc2c1C(=O)NC1CCN(C(=O)CO)CC1. The number of nitrogens with one attached hydrogen (secondary N) is 2. The lowest BCUT2D eigenvalue weighted by Gasteiger charge is -2.32. The van der Waals surface area contributed by atoms with Crippen molar-refractivity contribution in [1.29, 1.82) is 0 Å². The number of aryl methyl sites for hydroxylation is 1. The highest BCUT2D eigenvalue weighted by Gasteiger charge is 2.33. The molecule has 0 unspecified atom stereocenters. The summed E-state index contributed by atoms with van der Waals surface area (Å²) >= 11 is 0. The number of carbonyl (C=O) groups is 2. The molecule has 3 N–H and O–H groups in total. The topological polar surface area (TPSA) is 120 Å². The zero-order chi connectivity index (χ0) is 27.0. The Morgan fingerprint density at radius 3 is 2.58 bits per heavy atom. The van der Waals surface area contributed by atoms with E-state index in [0.29, 0.717) is 55.2 Å². The van der Waals surface area contributed by atoms with Crippen molar-refractivity contribution in [2.75, 3.05) is 26.3 Å². The van der Waals surface area contributed by atoms with Crippen LogP contribution < -0.4 is 10.1 Å². The second-order valence-corrected chi connectivity index (χ2v) is 9.82. The number of aliphatic hydroxyl groups excluding tert-OH is 1. The maximum atomic E-state index is 13.6. The molecule has 0 radical (unpaired) electrons. The average Bonchev–Trinajstić information content (AvgIpc) is 3.66. The van der Waals surface area contributed by atoms with Gasteiger partial charge in [0.05, 0.1) is 23.3 Å². The normalized spacial score (nSPS) is 16.6. The van der Waals surface area contributed by atoms with E-state index < -0.39 is 18.3 Å². The molecule has 2 aromatic heterocycles. The molecule has 0 spiro atoms. The Morgan fingerprint density at radius 1 is 1.18 bits per heavy atom. The zero-order valence-electron chi connectivity index (χ0n) is 20.8. The molecule has 2 fully saturated rings. The number of amides is 2. The molecular formula is C26H28F3N5O4. The predicted octanol–water partition coefficient (Wildman–Crippen LogP) is 3.45. The molecule has 9 nitrogen and oxygen atoms in total. The highest BCUT2D eigenvalue weighted by molar-refractivity contribution is 6.09. The number of ether oxygens (including phenoxy) is 1. The van der Waals surface area contributed by atoms with Gasteiger partial charge in [0.2, 0.25) is 5.91 Å². The zero-order valence-corrected chi connectivity index (χ0v) is 20.8. The van der Waals surface area contributed by atoms with Gasteiger partial charge in [-0.2, -0.15) is 13.2 Å². The highest BCUT2D eigenvalue weighted by atomic mass is 19.4. The van der Waals surface area contributed by atoms with E-state index in [2.05, 4.69) is 20.3 Å². The molecule has 38 heavy (non-hydrogen) atoms. The third-order valence-corrected chi connectivity index (χ3v) is 7.05. The van der Waals surface area contributed by atoms with Gasteiger partial charge in [-0.15, -0.1) is 0 Å². The van der Waals surface area contributed by atoms with Gasteiger partial charge in [-0.25, -0.2) is 9.97 Å². The molecule has 1 aliphatic heterocycles. The Balaban J connectivity index is 1.45. The summed E-state index contributed by atoms with van der Waals surface area (Å²) in [5.74, 6) is -0.0410. The van der Waals surface area contributed by atoms with Crippen LogP contribution in [-0.4, -0.2) is 69.1 Å². The average molecular weight is 532 g/mol. The Morgan fingerprint density at radius 2 is 1.92 bits per heavy atom. The first kappa shape index (κ1) is 26.0. The lowest BCUT2D eigenvalue weighted by Crippen LogP contribution is -2.47. The molecule has 3 heterocycles. The molecule has 1 saturated heterocycles. The Hall–Kier alpha value is -3.67. The highest BCUT2D eigenvalue weighted by Crippen LogP contribution is 2.40. The number of halogens is 3. The number of hydrogen-bond donors (Lipinski definition) is 3. The fourth-order valence-corrected chi connectivity index (χ4v) is 4.74. The molecular weight excluding hydrogens is 503 g/mol. The number of rotatable bonds is 7. The van der Waals surface area contributed by atoms with Gasteiger partial charge >= 0.3 is 6.18 Å². The van der Waals surface area contributed by atoms with Gasteiger partial charge < -0.3 is 25.0 Å². The molecule has 5 rings (SSSR count). The van der Waals surface area contributed by atoms with E-state index in [-0.39, 0.29) is 40.4 Å². The second kappa shape index (κ2) is 10.2. The monoisotopic (exact) mass is 531 g/mol. The first-order chi connectivity index (χ1) is 18.2. The number of hydrogen-bond acceptors (Lipinski definition) is 6. The number of nitrogens with zero attached hydrogens (tertiary/aromatic N) is 3. The van der Waals surface area contributed by atoms with Crippen molar-refractivity contribution in [3.05, 3.63) is 41.3 Å². The van der Waals surface area contributed by atoms with Crippen molar-refractivity contribution in [3.63, 3.8) is 0 Å². The molecule has 12 heteroatoms. The summed E-state index contributed by atoms with van der Waals surface area (Å²) in [4.78, 5) is 38.2. The van der Waals surface area contributed by atoms with Crippen LogP contribution >= 0.6 is 0 Å². The minimum absolute atomic E-state index is 0.169. The summed E-state index contributed by atoms with van der Waals surface area (Å²) in [6, 6.07) is 3.14. The molecule has 202 valence electrons. The van der Waals surface area contributed by atoms with Gasteiger partial charge in [-0.05, 0) is 56.7 Å². The Kier molecular flexibility index (Phi) is 6.99. The van der Waals surface area contributed by atoms with E-state index in [4.69, 9.17) is 9.84 Å². The molecule has 2 aliphatic rings. The largest absolute Gasteiger partial charge is 0.493 e. The summed E-state index contributed by atoms with van der Waals surface area (Å²) in [7, 11) is 0. The summed E-state index contributed by atoms with van der Waals surface area (Å²) in [6.07, 6.45) is -0.205. The molecule has 0 bridgehead atoms. The van der Waals surface area contributed by atoms with Crippen molar-refractivity contribution in [1.82, 2.24) is 25.2 Å². The number of alkyl halides is 3. The standard InChI is InChI=1S/C26H28F3N5O4/c1-14-21(25(37)33-17-6-8-34(9-7-17)20(36)11-35)23-24(32-14)22(30-13-31-23)18-10-16(26(27,28)29)4-5-19(18)38-12-15-2-3-15/h4-5,10,13,15,17,32,35H,2-3,6-9,11-12H2,1H3,(H,33,37). The van der Waals surface area contributed by atoms with Gasteiger partial charge in [0.1, 0.15) is 29.9 Å². The molecule has 3 aromatic rings. The van der Waals surface area contributed by atoms with Crippen molar-refractivity contribution in [2.45, 2.75) is 44.8 Å². The fourth-order valence-electron chi connectivity index (χ4n) is 4.74. The number of fused-ring (bicyclic) bond motifs is 1. The lowest BCUT2D eigenvalue weighted by molar-refractivity contribution is -0.137. The van der Waals surface area contributed by atoms with Crippen LogP contribution in [0.15, 0.2) is 24.5 Å². The maximum absolute atomic E-state index is 13.6. The van der Waals surface area contributed by atoms with Crippen molar-refractivity contribution < 1.29 is 32.6 Å². The minimum atomic E-state index is -4.55. The molecule has 1 saturated carbocycles. The number of piperidine rings is 1. The summed E-state index contributed by atoms with van der Waals surface area (Å²) < 4.78 is 46.6. The van der Waals surface area contributed by atoms with Crippen LogP contribution in [0, 0.1) is 12.8 Å². The van der Waals surface area contributed by atoms with Gasteiger partial charge in [0.25, 0.3) is 5.91 Å². The smallest absolute Gasteiger partial charge is 0.416 e. The van der Waals surface area contributed by atoms with Crippen LogP contribution in [0.25, 0.3) is 22.3 Å². The van der Waals surface area contributed by atoms with Crippen molar-refractivity contribution in [3.8, 4) is 17.0 Å². The third-order valence-electron chi connectivity index (χ3n) is 7.05. The Labute approximate surface area is 216 Å². The van der Waals surface area contributed by atoms with Crippen molar-refractivity contribution >= 4 is 22.8 Å². The van der Waals surface area contributed by atoms with Crippen LogP contribution in [0.1, 0.15) is 47.3 Å². The van der Waals surface area contributed by atoms with Crippen LogP contribution in [-0.2, 0) is 11.0 Å². The van der Waals surface area contributed by atoms with Gasteiger partial charge in [-0.3, -0.25) is 9.59 Å².